The first-order chi connectivity index (χ1) is 22.0. The average molecular weight is 673 g/mol. The molecule has 3 atom stereocenters. The molecule has 0 aliphatic carbocycles. The number of allylic oxidation sites excluding steroid dienone is 3. The third-order valence-corrected chi connectivity index (χ3v) is 9.13. The van der Waals surface area contributed by atoms with E-state index in [0.29, 0.717) is 17.4 Å². The second-order valence-corrected chi connectivity index (χ2v) is 15.3. The molecule has 0 saturated carbocycles. The molecule has 1 amide bonds. The van der Waals surface area contributed by atoms with E-state index in [9.17, 15) is 19.4 Å². The summed E-state index contributed by atoms with van der Waals surface area (Å²) >= 11 is 0. The minimum atomic E-state index is -4.58. The fraction of sp³-hybridized carbons (Fsp3) is 0.865. The number of quaternary nitrogens is 1. The molecule has 0 radical (unpaired) electrons. The molecule has 272 valence electrons. The van der Waals surface area contributed by atoms with Crippen molar-refractivity contribution in [1.82, 2.24) is 5.32 Å². The van der Waals surface area contributed by atoms with E-state index in [1.807, 2.05) is 27.2 Å². The third kappa shape index (κ3) is 31.6. The zero-order chi connectivity index (χ0) is 34.4. The quantitative estimate of drug-likeness (QED) is 0.0312. The smallest absolute Gasteiger partial charge is 0.268 e. The highest BCUT2D eigenvalue weighted by Gasteiger charge is 2.23. The lowest BCUT2D eigenvalue weighted by molar-refractivity contribution is -0.870. The molecule has 9 heteroatoms. The summed E-state index contributed by atoms with van der Waals surface area (Å²) in [4.78, 5) is 25.0. The van der Waals surface area contributed by atoms with Gasteiger partial charge in [0.2, 0.25) is 5.91 Å². The van der Waals surface area contributed by atoms with Crippen molar-refractivity contribution in [3.05, 3.63) is 24.3 Å². The second-order valence-electron chi connectivity index (χ2n) is 13.9. The number of aliphatic hydroxyl groups excluding tert-OH is 1. The lowest BCUT2D eigenvalue weighted by Gasteiger charge is -2.29. The fourth-order valence-corrected chi connectivity index (χ4v) is 5.83. The number of carbonyl (C=O) groups excluding carboxylic acids is 1. The van der Waals surface area contributed by atoms with Crippen molar-refractivity contribution in [1.29, 1.82) is 0 Å². The first-order valence-corrected chi connectivity index (χ1v) is 20.2. The maximum absolute atomic E-state index is 12.7. The number of unbranched alkanes of at least 4 members (excludes halogenated alkanes) is 18. The zero-order valence-corrected chi connectivity index (χ0v) is 31.4. The van der Waals surface area contributed by atoms with Crippen molar-refractivity contribution >= 4 is 13.7 Å². The van der Waals surface area contributed by atoms with Gasteiger partial charge in [-0.1, -0.05) is 141 Å². The van der Waals surface area contributed by atoms with Crippen molar-refractivity contribution in [3.63, 3.8) is 0 Å². The van der Waals surface area contributed by atoms with E-state index < -0.39 is 26.6 Å². The van der Waals surface area contributed by atoms with Crippen LogP contribution >= 0.6 is 7.82 Å². The van der Waals surface area contributed by atoms with Crippen LogP contribution in [0.15, 0.2) is 24.3 Å². The number of rotatable bonds is 33. The third-order valence-electron chi connectivity index (χ3n) is 8.16. The van der Waals surface area contributed by atoms with Gasteiger partial charge in [0, 0.05) is 6.42 Å². The van der Waals surface area contributed by atoms with Crippen molar-refractivity contribution in [3.8, 4) is 0 Å². The molecule has 46 heavy (non-hydrogen) atoms. The van der Waals surface area contributed by atoms with E-state index in [-0.39, 0.29) is 12.5 Å². The molecule has 0 rings (SSSR count). The van der Waals surface area contributed by atoms with Gasteiger partial charge in [-0.2, -0.15) is 0 Å². The number of likely N-dealkylation sites (N-methyl/N-ethyl adjacent to an activating group) is 1. The molecule has 0 spiro atoms. The van der Waals surface area contributed by atoms with Gasteiger partial charge in [0.15, 0.2) is 0 Å². The Balaban J connectivity index is 4.56. The molecule has 0 bridgehead atoms. The lowest BCUT2D eigenvalue weighted by atomic mass is 10.1. The monoisotopic (exact) mass is 673 g/mol. The molecule has 0 heterocycles. The Morgan fingerprint density at radius 2 is 1.22 bits per heavy atom. The summed E-state index contributed by atoms with van der Waals surface area (Å²) in [6.07, 6.45) is 32.3. The number of hydrogen-bond acceptors (Lipinski definition) is 6. The SMILES string of the molecule is CCCCCCCCCCCC/C=C/CC/C=C/C(O)C(COP(=O)([O-])OCC[N+](C)(C)C)NC(=O)CCCCCCCCCC. The summed E-state index contributed by atoms with van der Waals surface area (Å²) in [7, 11) is 1.24. The molecular formula is C37H73N2O6P. The topological polar surface area (TPSA) is 108 Å². The predicted octanol–water partition coefficient (Wildman–Crippen LogP) is 8.77. The minimum Gasteiger partial charge on any atom is -0.756 e. The van der Waals surface area contributed by atoms with Crippen LogP contribution in [0.5, 0.6) is 0 Å². The van der Waals surface area contributed by atoms with Gasteiger partial charge in [0.1, 0.15) is 13.2 Å². The van der Waals surface area contributed by atoms with Gasteiger partial charge in [-0.25, -0.2) is 0 Å². The Bertz CT molecular complexity index is 814. The molecule has 0 aromatic carbocycles. The number of nitrogens with zero attached hydrogens (tertiary/aromatic N) is 1. The van der Waals surface area contributed by atoms with Gasteiger partial charge in [-0.05, 0) is 32.1 Å². The van der Waals surface area contributed by atoms with Gasteiger partial charge < -0.3 is 28.8 Å². The van der Waals surface area contributed by atoms with E-state index in [1.165, 1.54) is 96.3 Å². The molecule has 3 unspecified atom stereocenters. The Morgan fingerprint density at radius 3 is 1.76 bits per heavy atom. The number of hydrogen-bond donors (Lipinski definition) is 2. The first-order valence-electron chi connectivity index (χ1n) is 18.7. The largest absolute Gasteiger partial charge is 0.756 e. The molecule has 0 aromatic heterocycles. The van der Waals surface area contributed by atoms with E-state index in [4.69, 9.17) is 9.05 Å². The van der Waals surface area contributed by atoms with Crippen molar-refractivity contribution < 1.29 is 32.9 Å². The highest BCUT2D eigenvalue weighted by atomic mass is 31.2. The Morgan fingerprint density at radius 1 is 0.739 bits per heavy atom. The van der Waals surface area contributed by atoms with Crippen molar-refractivity contribution in [2.24, 2.45) is 0 Å². The van der Waals surface area contributed by atoms with Crippen molar-refractivity contribution in [2.45, 2.75) is 167 Å². The van der Waals surface area contributed by atoms with Crippen LogP contribution in [0.25, 0.3) is 0 Å². The summed E-state index contributed by atoms with van der Waals surface area (Å²) in [6, 6.07) is -0.894. The highest BCUT2D eigenvalue weighted by molar-refractivity contribution is 7.45. The van der Waals surface area contributed by atoms with Crippen LogP contribution < -0.4 is 10.2 Å². The molecule has 0 fully saturated rings. The molecule has 8 nitrogen and oxygen atoms in total. The summed E-state index contributed by atoms with van der Waals surface area (Å²) in [5, 5.41) is 13.6. The standard InChI is InChI=1S/C37H73N2O6P/c1-6-8-10-12-14-16-17-18-19-20-21-22-23-24-26-28-30-36(40)35(34-45-46(42,43)44-33-32-39(3,4)5)38-37(41)31-29-27-25-15-13-11-9-7-2/h22-23,28,30,35-36,40H,6-21,24-27,29,31-34H2,1-5H3,(H-,38,41,42,43)/b23-22+,30-28+. The Hall–Kier alpha value is -1.02. The number of phosphoric acid groups is 1. The molecular weight excluding hydrogens is 599 g/mol. The van der Waals surface area contributed by atoms with E-state index in [2.05, 4.69) is 31.3 Å². The minimum absolute atomic E-state index is 0.00504. The summed E-state index contributed by atoms with van der Waals surface area (Å²) < 4.78 is 23.0. The van der Waals surface area contributed by atoms with E-state index >= 15 is 0 Å². The number of aliphatic hydroxyl groups is 1. The van der Waals surface area contributed by atoms with Crippen LogP contribution in [0.1, 0.15) is 155 Å². The van der Waals surface area contributed by atoms with Crippen LogP contribution in [0, 0.1) is 0 Å². The predicted molar refractivity (Wildman–Crippen MR) is 192 cm³/mol. The Labute approximate surface area is 284 Å². The van der Waals surface area contributed by atoms with Gasteiger partial charge >= 0.3 is 0 Å². The van der Waals surface area contributed by atoms with Crippen molar-refractivity contribution in [2.75, 3.05) is 40.9 Å². The second kappa shape index (κ2) is 30.1. The summed E-state index contributed by atoms with van der Waals surface area (Å²) in [5.74, 6) is -0.214. The van der Waals surface area contributed by atoms with E-state index in [1.54, 1.807) is 6.08 Å². The lowest BCUT2D eigenvalue weighted by Crippen LogP contribution is -2.45. The fourth-order valence-electron chi connectivity index (χ4n) is 5.11. The number of carbonyl (C=O) groups is 1. The number of phosphoric ester groups is 1. The highest BCUT2D eigenvalue weighted by Crippen LogP contribution is 2.38. The molecule has 2 N–H and O–H groups in total. The van der Waals surface area contributed by atoms with Crippen LogP contribution in [-0.4, -0.2) is 68.5 Å². The van der Waals surface area contributed by atoms with E-state index in [0.717, 1.165) is 38.5 Å². The molecule has 0 aliphatic rings. The van der Waals surface area contributed by atoms with Crippen LogP contribution in [0.4, 0.5) is 0 Å². The van der Waals surface area contributed by atoms with Crippen LogP contribution in [0.3, 0.4) is 0 Å². The molecule has 0 saturated heterocycles. The Kier molecular flexibility index (Phi) is 29.4. The van der Waals surface area contributed by atoms with Gasteiger partial charge in [0.05, 0.1) is 39.9 Å². The van der Waals surface area contributed by atoms with Gasteiger partial charge in [-0.3, -0.25) is 9.36 Å². The average Bonchev–Trinajstić information content (AvgIpc) is 2.99. The van der Waals surface area contributed by atoms with Crippen LogP contribution in [0.2, 0.25) is 0 Å². The summed E-state index contributed by atoms with van der Waals surface area (Å²) in [6.45, 7) is 4.56. The summed E-state index contributed by atoms with van der Waals surface area (Å²) in [5.41, 5.74) is 0. The number of amides is 1. The maximum atomic E-state index is 12.7. The number of nitrogens with one attached hydrogen (secondary N) is 1. The molecule has 0 aromatic rings. The molecule has 0 aliphatic heterocycles. The maximum Gasteiger partial charge on any atom is 0.268 e. The first kappa shape index (κ1) is 45.0. The van der Waals surface area contributed by atoms with Gasteiger partial charge in [-0.15, -0.1) is 0 Å². The normalized spacial score (nSPS) is 15.0. The van der Waals surface area contributed by atoms with Crippen LogP contribution in [-0.2, 0) is 18.4 Å². The van der Waals surface area contributed by atoms with Gasteiger partial charge in [0.25, 0.3) is 7.82 Å². The zero-order valence-electron chi connectivity index (χ0n) is 30.5.